The molecule has 19 heavy (non-hydrogen) atoms. The standard InChI is InChI=1S/C13H18N4O2/c14-10-2-1-9(13(16)19)7-11(10)17-5-3-8(4-6-17)12(15)18/h1-2,7-8H,3-6,14H2,(H2,15,18)(H2,16,19). The van der Waals surface area contributed by atoms with Crippen LogP contribution in [0.25, 0.3) is 0 Å². The summed E-state index contributed by atoms with van der Waals surface area (Å²) in [5.74, 6) is -0.802. The molecule has 2 amide bonds. The number of carbonyl (C=O) groups is 2. The minimum absolute atomic E-state index is 0.0724. The quantitative estimate of drug-likeness (QED) is 0.668. The molecule has 0 radical (unpaired) electrons. The first kappa shape index (κ1) is 13.2. The third-order valence-corrected chi connectivity index (χ3v) is 3.55. The average molecular weight is 262 g/mol. The van der Waals surface area contributed by atoms with Gasteiger partial charge in [0.05, 0.1) is 11.4 Å². The number of benzene rings is 1. The van der Waals surface area contributed by atoms with Crippen molar-refractivity contribution in [2.24, 2.45) is 17.4 Å². The molecule has 2 rings (SSSR count). The summed E-state index contributed by atoms with van der Waals surface area (Å²) in [7, 11) is 0. The van der Waals surface area contributed by atoms with Crippen LogP contribution in [0.1, 0.15) is 23.2 Å². The van der Waals surface area contributed by atoms with Gasteiger partial charge in [-0.2, -0.15) is 0 Å². The van der Waals surface area contributed by atoms with Gasteiger partial charge in [0.15, 0.2) is 0 Å². The van der Waals surface area contributed by atoms with Crippen LogP contribution in [0.15, 0.2) is 18.2 Å². The minimum atomic E-state index is -0.478. The Morgan fingerprint density at radius 2 is 1.79 bits per heavy atom. The van der Waals surface area contributed by atoms with E-state index in [4.69, 9.17) is 17.2 Å². The number of hydrogen-bond acceptors (Lipinski definition) is 4. The number of carbonyl (C=O) groups excluding carboxylic acids is 2. The number of nitrogen functional groups attached to an aromatic ring is 1. The molecule has 0 aromatic heterocycles. The third-order valence-electron chi connectivity index (χ3n) is 3.55. The molecule has 0 aliphatic carbocycles. The van der Waals surface area contributed by atoms with Crippen molar-refractivity contribution in [2.45, 2.75) is 12.8 Å². The molecule has 6 N–H and O–H groups in total. The molecule has 0 saturated carbocycles. The van der Waals surface area contributed by atoms with E-state index in [-0.39, 0.29) is 11.8 Å². The van der Waals surface area contributed by atoms with Crippen LogP contribution in [-0.2, 0) is 4.79 Å². The molecule has 1 aromatic rings. The van der Waals surface area contributed by atoms with Crippen LogP contribution < -0.4 is 22.1 Å². The van der Waals surface area contributed by atoms with E-state index in [2.05, 4.69) is 4.90 Å². The molecule has 1 fully saturated rings. The lowest BCUT2D eigenvalue weighted by Gasteiger charge is -2.33. The smallest absolute Gasteiger partial charge is 0.248 e. The third kappa shape index (κ3) is 2.78. The monoisotopic (exact) mass is 262 g/mol. The number of amides is 2. The van der Waals surface area contributed by atoms with Gasteiger partial charge in [0.1, 0.15) is 0 Å². The molecule has 1 saturated heterocycles. The van der Waals surface area contributed by atoms with E-state index in [1.807, 2.05) is 0 Å². The van der Waals surface area contributed by atoms with Gasteiger partial charge < -0.3 is 22.1 Å². The number of primary amides is 2. The molecule has 0 bridgehead atoms. The molecule has 1 aliphatic heterocycles. The Bertz CT molecular complexity index is 507. The molecule has 1 heterocycles. The van der Waals surface area contributed by atoms with Crippen molar-refractivity contribution in [3.8, 4) is 0 Å². The summed E-state index contributed by atoms with van der Waals surface area (Å²) in [6.07, 6.45) is 1.41. The first-order chi connectivity index (χ1) is 8.99. The second kappa shape index (κ2) is 5.17. The number of nitrogens with zero attached hydrogens (tertiary/aromatic N) is 1. The van der Waals surface area contributed by atoms with Gasteiger partial charge in [-0.1, -0.05) is 0 Å². The molecule has 6 heteroatoms. The van der Waals surface area contributed by atoms with Gasteiger partial charge in [0, 0.05) is 24.6 Å². The van der Waals surface area contributed by atoms with Gasteiger partial charge >= 0.3 is 0 Å². The predicted octanol–water partition coefficient (Wildman–Crippen LogP) is 0.0694. The van der Waals surface area contributed by atoms with Crippen LogP contribution in [-0.4, -0.2) is 24.9 Å². The lowest BCUT2D eigenvalue weighted by Crippen LogP contribution is -2.38. The summed E-state index contributed by atoms with van der Waals surface area (Å²) in [6, 6.07) is 4.98. The second-order valence-electron chi connectivity index (χ2n) is 4.80. The fourth-order valence-corrected chi connectivity index (χ4v) is 2.38. The van der Waals surface area contributed by atoms with Crippen molar-refractivity contribution in [3.63, 3.8) is 0 Å². The largest absolute Gasteiger partial charge is 0.397 e. The summed E-state index contributed by atoms with van der Waals surface area (Å²) in [5.41, 5.74) is 18.3. The Morgan fingerprint density at radius 1 is 1.16 bits per heavy atom. The maximum atomic E-state index is 11.2. The molecule has 1 aromatic carbocycles. The van der Waals surface area contributed by atoms with Gasteiger partial charge in [-0.15, -0.1) is 0 Å². The Kier molecular flexibility index (Phi) is 3.59. The lowest BCUT2D eigenvalue weighted by molar-refractivity contribution is -0.122. The van der Waals surface area contributed by atoms with Crippen molar-refractivity contribution in [1.29, 1.82) is 0 Å². The highest BCUT2D eigenvalue weighted by atomic mass is 16.1. The van der Waals surface area contributed by atoms with Gasteiger partial charge in [-0.05, 0) is 31.0 Å². The first-order valence-electron chi connectivity index (χ1n) is 6.22. The maximum absolute atomic E-state index is 11.2. The normalized spacial score (nSPS) is 16.3. The topological polar surface area (TPSA) is 115 Å². The summed E-state index contributed by atoms with van der Waals surface area (Å²) in [5, 5.41) is 0. The minimum Gasteiger partial charge on any atom is -0.397 e. The zero-order valence-electron chi connectivity index (χ0n) is 10.6. The highest BCUT2D eigenvalue weighted by Crippen LogP contribution is 2.28. The van der Waals surface area contributed by atoms with Crippen molar-refractivity contribution >= 4 is 23.2 Å². The molecule has 1 aliphatic rings. The molecular weight excluding hydrogens is 244 g/mol. The first-order valence-corrected chi connectivity index (χ1v) is 6.22. The summed E-state index contributed by atoms with van der Waals surface area (Å²) in [4.78, 5) is 24.4. The van der Waals surface area contributed by atoms with Gasteiger partial charge in [0.25, 0.3) is 0 Å². The van der Waals surface area contributed by atoms with E-state index < -0.39 is 5.91 Å². The van der Waals surface area contributed by atoms with Crippen molar-refractivity contribution in [3.05, 3.63) is 23.8 Å². The average Bonchev–Trinajstić information content (AvgIpc) is 2.39. The number of hydrogen-bond donors (Lipinski definition) is 3. The predicted molar refractivity (Wildman–Crippen MR) is 73.5 cm³/mol. The van der Waals surface area contributed by atoms with E-state index in [0.717, 1.165) is 5.69 Å². The van der Waals surface area contributed by atoms with Crippen molar-refractivity contribution in [1.82, 2.24) is 0 Å². The fourth-order valence-electron chi connectivity index (χ4n) is 2.38. The SMILES string of the molecule is NC(=O)c1ccc(N)c(N2CCC(C(N)=O)CC2)c1. The van der Waals surface area contributed by atoms with E-state index in [0.29, 0.717) is 37.2 Å². The Morgan fingerprint density at radius 3 is 2.32 bits per heavy atom. The number of piperidine rings is 1. The van der Waals surface area contributed by atoms with E-state index >= 15 is 0 Å². The number of nitrogens with two attached hydrogens (primary N) is 3. The molecular formula is C13H18N4O2. The van der Waals surface area contributed by atoms with Gasteiger partial charge in [0.2, 0.25) is 11.8 Å². The van der Waals surface area contributed by atoms with E-state index in [1.165, 1.54) is 0 Å². The Labute approximate surface area is 111 Å². The number of rotatable bonds is 3. The number of anilines is 2. The molecule has 102 valence electrons. The van der Waals surface area contributed by atoms with Crippen LogP contribution in [0, 0.1) is 5.92 Å². The van der Waals surface area contributed by atoms with Gasteiger partial charge in [-0.3, -0.25) is 9.59 Å². The molecule has 0 atom stereocenters. The highest BCUT2D eigenvalue weighted by Gasteiger charge is 2.24. The Balaban J connectivity index is 2.17. The fraction of sp³-hybridized carbons (Fsp3) is 0.385. The summed E-state index contributed by atoms with van der Waals surface area (Å²) in [6.45, 7) is 1.39. The van der Waals surface area contributed by atoms with Crippen molar-refractivity contribution in [2.75, 3.05) is 23.7 Å². The summed E-state index contributed by atoms with van der Waals surface area (Å²) < 4.78 is 0. The van der Waals surface area contributed by atoms with Crippen molar-refractivity contribution < 1.29 is 9.59 Å². The van der Waals surface area contributed by atoms with Crippen LogP contribution in [0.4, 0.5) is 11.4 Å². The van der Waals surface area contributed by atoms with E-state index in [9.17, 15) is 9.59 Å². The van der Waals surface area contributed by atoms with Crippen LogP contribution in [0.5, 0.6) is 0 Å². The zero-order valence-corrected chi connectivity index (χ0v) is 10.6. The highest BCUT2D eigenvalue weighted by molar-refractivity contribution is 5.95. The van der Waals surface area contributed by atoms with Crippen LogP contribution in [0.2, 0.25) is 0 Å². The summed E-state index contributed by atoms with van der Waals surface area (Å²) >= 11 is 0. The zero-order chi connectivity index (χ0) is 14.0. The van der Waals surface area contributed by atoms with Crippen LogP contribution in [0.3, 0.4) is 0 Å². The Hall–Kier alpha value is -2.24. The maximum Gasteiger partial charge on any atom is 0.248 e. The second-order valence-corrected chi connectivity index (χ2v) is 4.80. The molecule has 0 spiro atoms. The van der Waals surface area contributed by atoms with Crippen LogP contribution >= 0.6 is 0 Å². The van der Waals surface area contributed by atoms with E-state index in [1.54, 1.807) is 18.2 Å². The lowest BCUT2D eigenvalue weighted by atomic mass is 9.95. The molecule has 0 unspecified atom stereocenters. The van der Waals surface area contributed by atoms with Gasteiger partial charge in [-0.25, -0.2) is 0 Å². The molecule has 6 nitrogen and oxygen atoms in total.